The van der Waals surface area contributed by atoms with Gasteiger partial charge in [0.15, 0.2) is 0 Å². The van der Waals surface area contributed by atoms with Crippen LogP contribution in [0.15, 0.2) is 22.9 Å². The summed E-state index contributed by atoms with van der Waals surface area (Å²) in [5.41, 5.74) is 0.998. The van der Waals surface area contributed by atoms with Crippen molar-refractivity contribution in [2.24, 2.45) is 0 Å². The first-order valence-electron chi connectivity index (χ1n) is 6.21. The summed E-state index contributed by atoms with van der Waals surface area (Å²) in [5, 5.41) is 10.0. The molecule has 1 N–H and O–H groups in total. The van der Waals surface area contributed by atoms with Gasteiger partial charge in [-0.3, -0.25) is 14.7 Å². The van der Waals surface area contributed by atoms with E-state index in [0.29, 0.717) is 13.0 Å². The van der Waals surface area contributed by atoms with Gasteiger partial charge in [0.2, 0.25) is 0 Å². The summed E-state index contributed by atoms with van der Waals surface area (Å²) in [5.74, 6) is -0.379. The van der Waals surface area contributed by atoms with Gasteiger partial charge < -0.3 is 9.84 Å². The molecule has 0 aliphatic carbocycles. The second kappa shape index (κ2) is 6.45. The Labute approximate surface area is 120 Å². The summed E-state index contributed by atoms with van der Waals surface area (Å²) in [6.45, 7) is 1.34. The lowest BCUT2D eigenvalue weighted by Gasteiger charge is -2.36. The quantitative estimate of drug-likeness (QED) is 0.848. The highest BCUT2D eigenvalue weighted by Crippen LogP contribution is 2.22. The van der Waals surface area contributed by atoms with Gasteiger partial charge in [-0.25, -0.2) is 0 Å². The van der Waals surface area contributed by atoms with Crippen molar-refractivity contribution in [3.8, 4) is 0 Å². The fourth-order valence-corrected chi connectivity index (χ4v) is 2.84. The highest BCUT2D eigenvalue weighted by Gasteiger charge is 2.36. The Kier molecular flexibility index (Phi) is 4.90. The number of nitrogens with zero attached hydrogens (tertiary/aromatic N) is 2. The molecule has 0 radical (unpaired) electrons. The molecule has 1 fully saturated rings. The van der Waals surface area contributed by atoms with Gasteiger partial charge in [0.1, 0.15) is 6.04 Å². The largest absolute Gasteiger partial charge is 0.468 e. The number of esters is 1. The Bertz CT molecular complexity index is 455. The van der Waals surface area contributed by atoms with E-state index in [-0.39, 0.29) is 5.97 Å². The number of methoxy groups -OCH3 is 1. The molecule has 0 aromatic carbocycles. The fourth-order valence-electron chi connectivity index (χ4n) is 2.42. The van der Waals surface area contributed by atoms with Crippen molar-refractivity contribution in [1.29, 1.82) is 0 Å². The average molecular weight is 329 g/mol. The van der Waals surface area contributed by atoms with Gasteiger partial charge in [-0.05, 0) is 46.9 Å². The Morgan fingerprint density at radius 2 is 2.42 bits per heavy atom. The topological polar surface area (TPSA) is 62.7 Å². The maximum Gasteiger partial charge on any atom is 0.325 e. The van der Waals surface area contributed by atoms with E-state index < -0.39 is 12.1 Å². The second-order valence-corrected chi connectivity index (χ2v) is 5.58. The number of likely N-dealkylation sites (tertiary alicyclic amines) is 1. The van der Waals surface area contributed by atoms with Crippen LogP contribution in [0, 0.1) is 0 Å². The van der Waals surface area contributed by atoms with E-state index in [1.54, 1.807) is 12.4 Å². The first-order chi connectivity index (χ1) is 9.11. The number of carbonyl (C=O) groups is 1. The minimum atomic E-state index is -0.665. The van der Waals surface area contributed by atoms with Crippen LogP contribution in [0.5, 0.6) is 0 Å². The Hall–Kier alpha value is -0.980. The van der Waals surface area contributed by atoms with Crippen molar-refractivity contribution in [3.05, 3.63) is 28.5 Å². The monoisotopic (exact) mass is 328 g/mol. The molecule has 1 aliphatic rings. The first-order valence-corrected chi connectivity index (χ1v) is 7.00. The zero-order valence-electron chi connectivity index (χ0n) is 10.8. The van der Waals surface area contributed by atoms with Crippen LogP contribution in [0.25, 0.3) is 0 Å². The molecular weight excluding hydrogens is 312 g/mol. The molecular formula is C13H17BrN2O3. The van der Waals surface area contributed by atoms with Crippen molar-refractivity contribution in [2.45, 2.75) is 31.5 Å². The van der Waals surface area contributed by atoms with Gasteiger partial charge in [-0.15, -0.1) is 0 Å². The van der Waals surface area contributed by atoms with Crippen molar-refractivity contribution < 1.29 is 14.6 Å². The van der Waals surface area contributed by atoms with Crippen LogP contribution in [0.1, 0.15) is 18.4 Å². The van der Waals surface area contributed by atoms with Gasteiger partial charge in [0.25, 0.3) is 0 Å². The Morgan fingerprint density at radius 3 is 3.11 bits per heavy atom. The molecule has 0 unspecified atom stereocenters. The molecule has 104 valence electrons. The van der Waals surface area contributed by atoms with E-state index in [4.69, 9.17) is 4.74 Å². The number of aliphatic hydroxyl groups excluding tert-OH is 1. The van der Waals surface area contributed by atoms with Crippen LogP contribution in [0.2, 0.25) is 0 Å². The number of ether oxygens (including phenoxy) is 1. The summed E-state index contributed by atoms with van der Waals surface area (Å²) in [6.07, 6.45) is 4.32. The standard InChI is InChI=1S/C13H17BrN2O3/c1-19-13(18)12-11(17)3-2-4-16(12)8-9-5-10(14)7-15-6-9/h5-7,11-12,17H,2-4,8H2,1H3/t11-,12-/m1/s1. The molecule has 19 heavy (non-hydrogen) atoms. The minimum absolute atomic E-state index is 0.379. The lowest BCUT2D eigenvalue weighted by molar-refractivity contribution is -0.154. The third-order valence-corrected chi connectivity index (χ3v) is 3.73. The molecule has 1 saturated heterocycles. The van der Waals surface area contributed by atoms with E-state index >= 15 is 0 Å². The molecule has 2 atom stereocenters. The zero-order chi connectivity index (χ0) is 13.8. The number of aromatic nitrogens is 1. The minimum Gasteiger partial charge on any atom is -0.468 e. The molecule has 2 heterocycles. The van der Waals surface area contributed by atoms with Crippen molar-refractivity contribution in [3.63, 3.8) is 0 Å². The number of hydrogen-bond acceptors (Lipinski definition) is 5. The van der Waals surface area contributed by atoms with Gasteiger partial charge in [-0.2, -0.15) is 0 Å². The summed E-state index contributed by atoms with van der Waals surface area (Å²) in [7, 11) is 1.35. The number of rotatable bonds is 3. The second-order valence-electron chi connectivity index (χ2n) is 4.66. The van der Waals surface area contributed by atoms with Crippen LogP contribution in [0.4, 0.5) is 0 Å². The first kappa shape index (κ1) is 14.4. The normalized spacial score (nSPS) is 24.2. The van der Waals surface area contributed by atoms with Gasteiger partial charge in [-0.1, -0.05) is 0 Å². The molecule has 1 aromatic rings. The van der Waals surface area contributed by atoms with E-state index in [1.807, 2.05) is 11.0 Å². The number of halogens is 1. The lowest BCUT2D eigenvalue weighted by atomic mass is 9.98. The van der Waals surface area contributed by atoms with Crippen LogP contribution >= 0.6 is 15.9 Å². The van der Waals surface area contributed by atoms with Crippen LogP contribution in [-0.4, -0.2) is 46.8 Å². The number of aliphatic hydroxyl groups is 1. The maximum absolute atomic E-state index is 11.8. The highest BCUT2D eigenvalue weighted by atomic mass is 79.9. The smallest absolute Gasteiger partial charge is 0.325 e. The van der Waals surface area contributed by atoms with Gasteiger partial charge in [0.05, 0.1) is 13.2 Å². The summed E-state index contributed by atoms with van der Waals surface area (Å²) < 4.78 is 5.69. The molecule has 0 spiro atoms. The van der Waals surface area contributed by atoms with Crippen molar-refractivity contribution in [2.75, 3.05) is 13.7 Å². The van der Waals surface area contributed by atoms with Crippen LogP contribution < -0.4 is 0 Å². The number of carbonyl (C=O) groups excluding carboxylic acids is 1. The predicted octanol–water partition coefficient (Wildman–Crippen LogP) is 1.34. The summed E-state index contributed by atoms with van der Waals surface area (Å²) in [4.78, 5) is 17.9. The molecule has 1 aliphatic heterocycles. The van der Waals surface area contributed by atoms with Gasteiger partial charge in [0, 0.05) is 23.4 Å². The molecule has 0 saturated carbocycles. The van der Waals surface area contributed by atoms with Crippen LogP contribution in [0.3, 0.4) is 0 Å². The lowest BCUT2D eigenvalue weighted by Crippen LogP contribution is -2.52. The molecule has 1 aromatic heterocycles. The number of pyridine rings is 1. The highest BCUT2D eigenvalue weighted by molar-refractivity contribution is 9.10. The fraction of sp³-hybridized carbons (Fsp3) is 0.538. The molecule has 0 amide bonds. The van der Waals surface area contributed by atoms with E-state index in [0.717, 1.165) is 23.0 Å². The summed E-state index contributed by atoms with van der Waals surface area (Å²) >= 11 is 3.37. The van der Waals surface area contributed by atoms with Crippen molar-refractivity contribution >= 4 is 21.9 Å². The summed E-state index contributed by atoms with van der Waals surface area (Å²) in [6, 6.07) is 1.38. The third kappa shape index (κ3) is 3.52. The van der Waals surface area contributed by atoms with Gasteiger partial charge >= 0.3 is 5.97 Å². The number of piperidine rings is 1. The SMILES string of the molecule is COC(=O)[C@H]1[C@H](O)CCCN1Cc1cncc(Br)c1. The molecule has 6 heteroatoms. The number of hydrogen-bond donors (Lipinski definition) is 1. The third-order valence-electron chi connectivity index (χ3n) is 3.29. The average Bonchev–Trinajstić information content (AvgIpc) is 2.38. The zero-order valence-corrected chi connectivity index (χ0v) is 12.3. The van der Waals surface area contributed by atoms with Crippen molar-refractivity contribution in [1.82, 2.24) is 9.88 Å². The molecule has 2 rings (SSSR count). The van der Waals surface area contributed by atoms with E-state index in [9.17, 15) is 9.90 Å². The van der Waals surface area contributed by atoms with Crippen LogP contribution in [-0.2, 0) is 16.1 Å². The maximum atomic E-state index is 11.8. The predicted molar refractivity (Wildman–Crippen MR) is 73.4 cm³/mol. The molecule has 5 nitrogen and oxygen atoms in total. The molecule has 0 bridgehead atoms. The van der Waals surface area contributed by atoms with E-state index in [2.05, 4.69) is 20.9 Å². The van der Waals surface area contributed by atoms with E-state index in [1.165, 1.54) is 7.11 Å². The Morgan fingerprint density at radius 1 is 1.63 bits per heavy atom. The Balaban J connectivity index is 2.14.